The third-order valence-corrected chi connectivity index (χ3v) is 8.57. The fourth-order valence-electron chi connectivity index (χ4n) is 6.04. The smallest absolute Gasteiger partial charge is 0.254 e. The summed E-state index contributed by atoms with van der Waals surface area (Å²) in [7, 11) is 1.70. The van der Waals surface area contributed by atoms with Crippen LogP contribution in [0.5, 0.6) is 5.75 Å². The van der Waals surface area contributed by atoms with Crippen LogP contribution >= 0.6 is 23.2 Å². The van der Waals surface area contributed by atoms with Gasteiger partial charge >= 0.3 is 0 Å². The number of aryl methyl sites for hydroxylation is 1. The number of imidazole rings is 1. The summed E-state index contributed by atoms with van der Waals surface area (Å²) in [6, 6.07) is 20.3. The minimum atomic E-state index is -0.353. The number of rotatable bonds is 10. The van der Waals surface area contributed by atoms with Crippen LogP contribution in [-0.4, -0.2) is 37.9 Å². The molecule has 0 fully saturated rings. The number of nitrogens with zero attached hydrogens (tertiary/aromatic N) is 4. The summed E-state index contributed by atoms with van der Waals surface area (Å²) < 4.78 is 5.86. The predicted octanol–water partition coefficient (Wildman–Crippen LogP) is 7.11. The van der Waals surface area contributed by atoms with Crippen molar-refractivity contribution >= 4 is 29.1 Å². The molecule has 1 aliphatic rings. The van der Waals surface area contributed by atoms with Gasteiger partial charge in [0.25, 0.3) is 5.91 Å². The van der Waals surface area contributed by atoms with Crippen molar-refractivity contribution in [3.63, 3.8) is 0 Å². The van der Waals surface area contributed by atoms with Gasteiger partial charge in [-0.2, -0.15) is 0 Å². The van der Waals surface area contributed by atoms with Crippen molar-refractivity contribution in [3.05, 3.63) is 141 Å². The van der Waals surface area contributed by atoms with Gasteiger partial charge in [-0.1, -0.05) is 71.7 Å². The second-order valence-electron chi connectivity index (χ2n) is 10.7. The van der Waals surface area contributed by atoms with Crippen molar-refractivity contribution in [1.29, 1.82) is 0 Å². The Morgan fingerprint density at radius 3 is 2.66 bits per heavy atom. The summed E-state index contributed by atoms with van der Waals surface area (Å²) in [6.45, 7) is 0.914. The molecule has 10 heteroatoms. The number of para-hydroxylation sites is 1. The zero-order chi connectivity index (χ0) is 30.5. The Balaban J connectivity index is 1.36. The van der Waals surface area contributed by atoms with Gasteiger partial charge in [-0.15, -0.1) is 0 Å². The Labute approximate surface area is 266 Å². The number of aromatic amines is 1. The van der Waals surface area contributed by atoms with E-state index in [9.17, 15) is 4.79 Å². The normalized spacial score (nSPS) is 15.0. The van der Waals surface area contributed by atoms with Gasteiger partial charge < -0.3 is 15.0 Å². The van der Waals surface area contributed by atoms with Crippen LogP contribution in [0.1, 0.15) is 69.1 Å². The van der Waals surface area contributed by atoms with E-state index in [1.807, 2.05) is 48.8 Å². The number of carbonyl (C=O) groups is 1. The first-order chi connectivity index (χ1) is 21.5. The largest absolute Gasteiger partial charge is 0.496 e. The highest BCUT2D eigenvalue weighted by atomic mass is 35.5. The van der Waals surface area contributed by atoms with E-state index >= 15 is 0 Å². The SMILES string of the molecule is COc1ccccc1C(c1ncc[nH]1)N(Cc1cccc(CNC(=O)c2c(Cl)cncc2Cl)c1)C1CCCc2cccnc21. The van der Waals surface area contributed by atoms with E-state index in [-0.39, 0.29) is 33.6 Å². The van der Waals surface area contributed by atoms with Gasteiger partial charge in [-0.25, -0.2) is 4.98 Å². The molecule has 0 bridgehead atoms. The minimum Gasteiger partial charge on any atom is -0.496 e. The van der Waals surface area contributed by atoms with Crippen LogP contribution in [0.25, 0.3) is 0 Å². The molecule has 0 saturated carbocycles. The second-order valence-corrected chi connectivity index (χ2v) is 11.5. The molecule has 0 radical (unpaired) electrons. The van der Waals surface area contributed by atoms with Crippen molar-refractivity contribution in [3.8, 4) is 5.75 Å². The van der Waals surface area contributed by atoms with Gasteiger partial charge in [0.05, 0.1) is 40.5 Å². The molecule has 0 saturated heterocycles. The van der Waals surface area contributed by atoms with Gasteiger partial charge in [0, 0.05) is 49.6 Å². The molecule has 44 heavy (non-hydrogen) atoms. The number of H-pyrrole nitrogens is 1. The number of carbonyl (C=O) groups excluding carboxylic acids is 1. The van der Waals surface area contributed by atoms with Crippen molar-refractivity contribution in [2.75, 3.05) is 7.11 Å². The number of methoxy groups -OCH3 is 1. The van der Waals surface area contributed by atoms with E-state index in [0.717, 1.165) is 53.2 Å². The summed E-state index contributed by atoms with van der Waals surface area (Å²) in [5, 5.41) is 3.37. The number of fused-ring (bicyclic) bond motifs is 1. The first kappa shape index (κ1) is 29.8. The summed E-state index contributed by atoms with van der Waals surface area (Å²) in [5.74, 6) is 1.27. The minimum absolute atomic E-state index is 0.0410. The highest BCUT2D eigenvalue weighted by molar-refractivity contribution is 6.39. The third kappa shape index (κ3) is 6.33. The van der Waals surface area contributed by atoms with Crippen LogP contribution in [0.2, 0.25) is 10.0 Å². The molecule has 2 atom stereocenters. The molecule has 2 N–H and O–H groups in total. The maximum absolute atomic E-state index is 12.9. The molecule has 2 unspecified atom stereocenters. The van der Waals surface area contributed by atoms with Gasteiger partial charge in [-0.3, -0.25) is 19.7 Å². The average molecular weight is 628 g/mol. The van der Waals surface area contributed by atoms with E-state index in [1.165, 1.54) is 18.0 Å². The standard InChI is InChI=1S/C34H32Cl2N6O2/c1-44-29-13-3-2-11-25(29)32(33-39-15-16-40-33)42(28-12-5-9-24-10-6-14-38-31(24)28)21-23-8-4-7-22(17-23)18-41-34(43)30-26(35)19-37-20-27(30)36/h2-4,6-8,10-11,13-17,19-20,28,32H,5,9,12,18,21H2,1H3,(H,39,40)(H,41,43). The molecule has 0 spiro atoms. The fourth-order valence-corrected chi connectivity index (χ4v) is 6.58. The Morgan fingerprint density at radius 1 is 1.05 bits per heavy atom. The predicted molar refractivity (Wildman–Crippen MR) is 171 cm³/mol. The number of nitrogens with one attached hydrogen (secondary N) is 2. The lowest BCUT2D eigenvalue weighted by atomic mass is 9.88. The molecule has 6 rings (SSSR count). The van der Waals surface area contributed by atoms with E-state index in [0.29, 0.717) is 13.1 Å². The Bertz CT molecular complexity index is 1730. The Morgan fingerprint density at radius 2 is 1.86 bits per heavy atom. The van der Waals surface area contributed by atoms with Crippen LogP contribution in [0.4, 0.5) is 0 Å². The maximum atomic E-state index is 12.9. The van der Waals surface area contributed by atoms with Crippen molar-refractivity contribution < 1.29 is 9.53 Å². The quantitative estimate of drug-likeness (QED) is 0.171. The van der Waals surface area contributed by atoms with E-state index in [2.05, 4.69) is 44.5 Å². The van der Waals surface area contributed by atoms with Crippen LogP contribution in [0.15, 0.2) is 91.6 Å². The lowest BCUT2D eigenvalue weighted by Gasteiger charge is -2.40. The first-order valence-corrected chi connectivity index (χ1v) is 15.3. The van der Waals surface area contributed by atoms with Crippen LogP contribution in [-0.2, 0) is 19.5 Å². The molecule has 3 heterocycles. The van der Waals surface area contributed by atoms with E-state index in [4.69, 9.17) is 37.9 Å². The van der Waals surface area contributed by atoms with Crippen molar-refractivity contribution in [2.45, 2.75) is 44.4 Å². The monoisotopic (exact) mass is 626 g/mol. The first-order valence-electron chi connectivity index (χ1n) is 14.5. The number of ether oxygens (including phenoxy) is 1. The van der Waals surface area contributed by atoms with Crippen LogP contribution < -0.4 is 10.1 Å². The topological polar surface area (TPSA) is 96.0 Å². The molecule has 1 aliphatic carbocycles. The average Bonchev–Trinajstić information content (AvgIpc) is 3.58. The zero-order valence-corrected chi connectivity index (χ0v) is 25.7. The lowest BCUT2D eigenvalue weighted by Crippen LogP contribution is -2.36. The molecule has 224 valence electrons. The molecule has 3 aromatic heterocycles. The summed E-state index contributed by atoms with van der Waals surface area (Å²) in [4.78, 5) is 32.4. The van der Waals surface area contributed by atoms with Crippen molar-refractivity contribution in [2.24, 2.45) is 0 Å². The number of halogens is 2. The number of pyridine rings is 2. The number of aromatic nitrogens is 4. The molecule has 2 aromatic carbocycles. The molecule has 8 nitrogen and oxygen atoms in total. The zero-order valence-electron chi connectivity index (χ0n) is 24.2. The van der Waals surface area contributed by atoms with Gasteiger partial charge in [0.1, 0.15) is 11.6 Å². The highest BCUT2D eigenvalue weighted by Crippen LogP contribution is 2.43. The third-order valence-electron chi connectivity index (χ3n) is 8.00. The number of amides is 1. The fraction of sp³-hybridized carbons (Fsp3) is 0.235. The van der Waals surface area contributed by atoms with Crippen LogP contribution in [0.3, 0.4) is 0 Å². The summed E-state index contributed by atoms with van der Waals surface area (Å²) in [5.41, 5.74) is 5.64. The molecular weight excluding hydrogens is 595 g/mol. The Kier molecular flexibility index (Phi) is 9.21. The molecular formula is C34H32Cl2N6O2. The highest BCUT2D eigenvalue weighted by Gasteiger charge is 2.36. The van der Waals surface area contributed by atoms with Crippen molar-refractivity contribution in [1.82, 2.24) is 30.2 Å². The van der Waals surface area contributed by atoms with Gasteiger partial charge in [0.2, 0.25) is 0 Å². The molecule has 0 aliphatic heterocycles. The van der Waals surface area contributed by atoms with E-state index < -0.39 is 0 Å². The molecule has 5 aromatic rings. The number of hydrogen-bond acceptors (Lipinski definition) is 6. The number of hydrogen-bond donors (Lipinski definition) is 2. The van der Waals surface area contributed by atoms with Gasteiger partial charge in [-0.05, 0) is 48.1 Å². The van der Waals surface area contributed by atoms with Crippen LogP contribution in [0, 0.1) is 0 Å². The second kappa shape index (κ2) is 13.6. The summed E-state index contributed by atoms with van der Waals surface area (Å²) >= 11 is 12.4. The number of benzene rings is 2. The maximum Gasteiger partial charge on any atom is 0.254 e. The van der Waals surface area contributed by atoms with Gasteiger partial charge in [0.15, 0.2) is 0 Å². The Hall–Kier alpha value is -4.24. The summed E-state index contributed by atoms with van der Waals surface area (Å²) in [6.07, 6.45) is 11.4. The van der Waals surface area contributed by atoms with E-state index in [1.54, 1.807) is 13.3 Å². The lowest BCUT2D eigenvalue weighted by molar-refractivity contribution is 0.0951. The molecule has 1 amide bonds.